The van der Waals surface area contributed by atoms with Gasteiger partial charge in [-0.3, -0.25) is 25.2 Å². The first kappa shape index (κ1) is 17.9. The molecule has 134 valence electrons. The standard InChI is InChI=1S/C19H19N3O3S/c1-12-6-8-17(26-12)16(23)7-9-18(24)21-22-19(25)10-13-11-20-15-5-3-2-4-14(13)15/h2-6,8,11,20H,7,9-10H2,1H3,(H,21,24)(H,22,25). The van der Waals surface area contributed by atoms with Crippen molar-refractivity contribution >= 4 is 39.8 Å². The molecular weight excluding hydrogens is 350 g/mol. The van der Waals surface area contributed by atoms with Crippen molar-refractivity contribution in [2.45, 2.75) is 26.2 Å². The number of aryl methyl sites for hydroxylation is 1. The van der Waals surface area contributed by atoms with Crippen LogP contribution in [0.25, 0.3) is 10.9 Å². The third-order valence-corrected chi connectivity index (χ3v) is 5.00. The number of amides is 2. The highest BCUT2D eigenvalue weighted by atomic mass is 32.1. The summed E-state index contributed by atoms with van der Waals surface area (Å²) in [6, 6.07) is 11.3. The molecule has 3 N–H and O–H groups in total. The van der Waals surface area contributed by atoms with Gasteiger partial charge in [0.05, 0.1) is 11.3 Å². The molecule has 2 heterocycles. The van der Waals surface area contributed by atoms with Crippen LogP contribution in [0.15, 0.2) is 42.6 Å². The Morgan fingerprint density at radius 2 is 1.77 bits per heavy atom. The fourth-order valence-corrected chi connectivity index (χ4v) is 3.47. The molecule has 2 amide bonds. The van der Waals surface area contributed by atoms with Gasteiger partial charge >= 0.3 is 0 Å². The largest absolute Gasteiger partial charge is 0.361 e. The number of carbonyl (C=O) groups is 3. The second kappa shape index (κ2) is 7.97. The monoisotopic (exact) mass is 369 g/mol. The summed E-state index contributed by atoms with van der Waals surface area (Å²) in [7, 11) is 0. The number of nitrogens with one attached hydrogen (secondary N) is 3. The number of hydrogen-bond donors (Lipinski definition) is 3. The Morgan fingerprint density at radius 3 is 2.54 bits per heavy atom. The van der Waals surface area contributed by atoms with E-state index in [1.165, 1.54) is 11.3 Å². The molecule has 0 aliphatic carbocycles. The number of thiophene rings is 1. The maximum atomic E-state index is 12.0. The first-order valence-corrected chi connectivity index (χ1v) is 9.07. The third kappa shape index (κ3) is 4.37. The van der Waals surface area contributed by atoms with Crippen LogP contribution in [-0.2, 0) is 16.0 Å². The molecule has 1 aromatic carbocycles. The lowest BCUT2D eigenvalue weighted by Gasteiger charge is -2.06. The lowest BCUT2D eigenvalue weighted by molar-refractivity contribution is -0.128. The van der Waals surface area contributed by atoms with E-state index in [0.29, 0.717) is 4.88 Å². The fraction of sp³-hybridized carbons (Fsp3) is 0.211. The molecule has 0 aliphatic heterocycles. The molecule has 6 nitrogen and oxygen atoms in total. The number of hydrogen-bond acceptors (Lipinski definition) is 4. The summed E-state index contributed by atoms with van der Waals surface area (Å²) < 4.78 is 0. The molecule has 2 aromatic heterocycles. The van der Waals surface area contributed by atoms with Gasteiger partial charge in [-0.2, -0.15) is 0 Å². The van der Waals surface area contributed by atoms with Gasteiger partial charge < -0.3 is 4.98 Å². The van der Waals surface area contributed by atoms with Crippen LogP contribution in [0, 0.1) is 6.92 Å². The van der Waals surface area contributed by atoms with E-state index in [1.54, 1.807) is 12.3 Å². The summed E-state index contributed by atoms with van der Waals surface area (Å²) in [5.41, 5.74) is 6.57. The minimum absolute atomic E-state index is 0.0309. The predicted molar refractivity (Wildman–Crippen MR) is 101 cm³/mol. The molecule has 7 heteroatoms. The van der Waals surface area contributed by atoms with Crippen LogP contribution in [0.2, 0.25) is 0 Å². The second-order valence-corrected chi connectivity index (χ2v) is 7.25. The molecule has 0 spiro atoms. The summed E-state index contributed by atoms with van der Waals surface area (Å²) >= 11 is 1.41. The molecule has 0 fully saturated rings. The summed E-state index contributed by atoms with van der Waals surface area (Å²) in [6.07, 6.45) is 2.08. The van der Waals surface area contributed by atoms with Crippen molar-refractivity contribution in [2.24, 2.45) is 0 Å². The molecule has 0 saturated carbocycles. The number of para-hydroxylation sites is 1. The second-order valence-electron chi connectivity index (χ2n) is 5.97. The lowest BCUT2D eigenvalue weighted by Crippen LogP contribution is -2.42. The Balaban J connectivity index is 1.44. The quantitative estimate of drug-likeness (QED) is 0.461. The maximum Gasteiger partial charge on any atom is 0.242 e. The highest BCUT2D eigenvalue weighted by Crippen LogP contribution is 2.18. The number of aromatic amines is 1. The Kier molecular flexibility index (Phi) is 5.48. The number of fused-ring (bicyclic) bond motifs is 1. The van der Waals surface area contributed by atoms with Gasteiger partial charge in [0.25, 0.3) is 0 Å². The van der Waals surface area contributed by atoms with Gasteiger partial charge in [0, 0.05) is 34.8 Å². The molecular formula is C19H19N3O3S. The van der Waals surface area contributed by atoms with Crippen molar-refractivity contribution in [3.8, 4) is 0 Å². The number of Topliss-reactive ketones (excluding diaryl/α,β-unsaturated/α-hetero) is 1. The van der Waals surface area contributed by atoms with E-state index in [0.717, 1.165) is 21.3 Å². The number of benzene rings is 1. The van der Waals surface area contributed by atoms with Crippen LogP contribution < -0.4 is 10.9 Å². The highest BCUT2D eigenvalue weighted by Gasteiger charge is 2.12. The average Bonchev–Trinajstić information content (AvgIpc) is 3.25. The molecule has 0 atom stereocenters. The Morgan fingerprint density at radius 1 is 1.00 bits per heavy atom. The van der Waals surface area contributed by atoms with E-state index in [4.69, 9.17) is 0 Å². The molecule has 0 bridgehead atoms. The van der Waals surface area contributed by atoms with Gasteiger partial charge in [0.1, 0.15) is 0 Å². The smallest absolute Gasteiger partial charge is 0.242 e. The van der Waals surface area contributed by atoms with Gasteiger partial charge in [0.15, 0.2) is 5.78 Å². The average molecular weight is 369 g/mol. The fourth-order valence-electron chi connectivity index (χ4n) is 2.63. The van der Waals surface area contributed by atoms with Crippen LogP contribution in [0.1, 0.15) is 33.0 Å². The van der Waals surface area contributed by atoms with Gasteiger partial charge in [0.2, 0.25) is 11.8 Å². The number of rotatable bonds is 6. The lowest BCUT2D eigenvalue weighted by atomic mass is 10.1. The molecule has 0 unspecified atom stereocenters. The van der Waals surface area contributed by atoms with E-state index in [2.05, 4.69) is 15.8 Å². The van der Waals surface area contributed by atoms with E-state index in [-0.39, 0.29) is 36.9 Å². The van der Waals surface area contributed by atoms with Crippen LogP contribution in [0.5, 0.6) is 0 Å². The van der Waals surface area contributed by atoms with Crippen molar-refractivity contribution < 1.29 is 14.4 Å². The minimum atomic E-state index is -0.390. The maximum absolute atomic E-state index is 12.0. The molecule has 3 aromatic rings. The summed E-state index contributed by atoms with van der Waals surface area (Å²) in [5, 5.41) is 0.978. The number of ketones is 1. The molecule has 0 aliphatic rings. The van der Waals surface area contributed by atoms with Gasteiger partial charge in [-0.15, -0.1) is 11.3 Å². The van der Waals surface area contributed by atoms with Crippen LogP contribution in [0.4, 0.5) is 0 Å². The number of H-pyrrole nitrogens is 1. The molecule has 0 radical (unpaired) electrons. The third-order valence-electron chi connectivity index (χ3n) is 3.96. The van der Waals surface area contributed by atoms with Gasteiger partial charge in [-0.05, 0) is 30.7 Å². The summed E-state index contributed by atoms with van der Waals surface area (Å²) in [4.78, 5) is 40.6. The predicted octanol–water partition coefficient (Wildman–Crippen LogP) is 2.89. The van der Waals surface area contributed by atoms with E-state index < -0.39 is 0 Å². The summed E-state index contributed by atoms with van der Waals surface area (Å²) in [6.45, 7) is 1.93. The van der Waals surface area contributed by atoms with E-state index >= 15 is 0 Å². The van der Waals surface area contributed by atoms with Crippen molar-refractivity contribution in [2.75, 3.05) is 0 Å². The first-order valence-electron chi connectivity index (χ1n) is 8.25. The molecule has 3 rings (SSSR count). The van der Waals surface area contributed by atoms with E-state index in [1.807, 2.05) is 37.3 Å². The molecule has 26 heavy (non-hydrogen) atoms. The zero-order valence-corrected chi connectivity index (χ0v) is 15.1. The van der Waals surface area contributed by atoms with Gasteiger partial charge in [-0.1, -0.05) is 18.2 Å². The summed E-state index contributed by atoms with van der Waals surface area (Å²) in [5.74, 6) is -0.773. The van der Waals surface area contributed by atoms with Crippen molar-refractivity contribution in [1.29, 1.82) is 0 Å². The highest BCUT2D eigenvalue weighted by molar-refractivity contribution is 7.14. The Labute approximate surface area is 154 Å². The Hall–Kier alpha value is -2.93. The minimum Gasteiger partial charge on any atom is -0.361 e. The number of aromatic nitrogens is 1. The Bertz CT molecular complexity index is 958. The zero-order valence-electron chi connectivity index (χ0n) is 14.3. The topological polar surface area (TPSA) is 91.1 Å². The van der Waals surface area contributed by atoms with Crippen LogP contribution >= 0.6 is 11.3 Å². The van der Waals surface area contributed by atoms with Crippen molar-refractivity contribution in [3.63, 3.8) is 0 Å². The first-order chi connectivity index (χ1) is 12.5. The van der Waals surface area contributed by atoms with Crippen molar-refractivity contribution in [1.82, 2.24) is 15.8 Å². The van der Waals surface area contributed by atoms with Crippen LogP contribution in [-0.4, -0.2) is 22.6 Å². The number of carbonyl (C=O) groups excluding carboxylic acids is 3. The van der Waals surface area contributed by atoms with E-state index in [9.17, 15) is 14.4 Å². The van der Waals surface area contributed by atoms with Crippen molar-refractivity contribution in [3.05, 3.63) is 57.9 Å². The SMILES string of the molecule is Cc1ccc(C(=O)CCC(=O)NNC(=O)Cc2c[nH]c3ccccc23)s1. The normalized spacial score (nSPS) is 10.7. The number of hydrazine groups is 1. The zero-order chi connectivity index (χ0) is 18.5. The molecule has 0 saturated heterocycles. The van der Waals surface area contributed by atoms with Crippen LogP contribution in [0.3, 0.4) is 0 Å². The van der Waals surface area contributed by atoms with Gasteiger partial charge in [-0.25, -0.2) is 0 Å².